The molecular weight excluding hydrogens is 292 g/mol. The number of nitro groups is 1. The molecule has 7 heteroatoms. The predicted molar refractivity (Wildman–Crippen MR) is 68.8 cm³/mol. The second-order valence-corrected chi connectivity index (χ2v) is 4.26. The molecule has 0 radical (unpaired) electrons. The van der Waals surface area contributed by atoms with Crippen LogP contribution in [0, 0.1) is 21.7 Å². The van der Waals surface area contributed by atoms with Gasteiger partial charge >= 0.3 is 5.69 Å². The third-order valence-corrected chi connectivity index (χ3v) is 2.85. The Kier molecular flexibility index (Phi) is 4.14. The molecule has 4 nitrogen and oxygen atoms in total. The summed E-state index contributed by atoms with van der Waals surface area (Å²) in [5.74, 6) is -1.91. The molecule has 20 heavy (non-hydrogen) atoms. The minimum absolute atomic E-state index is 0.0430. The molecule has 0 saturated heterocycles. The van der Waals surface area contributed by atoms with Gasteiger partial charge in [0.15, 0.2) is 11.6 Å². The van der Waals surface area contributed by atoms with Gasteiger partial charge < -0.3 is 4.74 Å². The smallest absolute Gasteiger partial charge is 0.305 e. The first kappa shape index (κ1) is 14.2. The highest BCUT2D eigenvalue weighted by molar-refractivity contribution is 6.30. The van der Waals surface area contributed by atoms with Crippen molar-refractivity contribution in [1.29, 1.82) is 0 Å². The van der Waals surface area contributed by atoms with Crippen molar-refractivity contribution in [2.45, 2.75) is 6.61 Å². The van der Waals surface area contributed by atoms with E-state index in [1.165, 1.54) is 30.3 Å². The fraction of sp³-hybridized carbons (Fsp3) is 0.0769. The maximum Gasteiger partial charge on any atom is 0.305 e. The molecule has 2 aromatic rings. The Morgan fingerprint density at radius 1 is 1.15 bits per heavy atom. The molecule has 104 valence electrons. The van der Waals surface area contributed by atoms with Crippen LogP contribution in [0.5, 0.6) is 5.75 Å². The summed E-state index contributed by atoms with van der Waals surface area (Å²) >= 11 is 5.58. The van der Waals surface area contributed by atoms with E-state index in [0.717, 1.165) is 6.07 Å². The second-order valence-electron chi connectivity index (χ2n) is 3.85. The first-order valence-corrected chi connectivity index (χ1v) is 5.87. The quantitative estimate of drug-likeness (QED) is 0.630. The molecule has 0 amide bonds. The highest BCUT2D eigenvalue weighted by atomic mass is 35.5. The van der Waals surface area contributed by atoms with Gasteiger partial charge in [-0.15, -0.1) is 0 Å². The van der Waals surface area contributed by atoms with Crippen LogP contribution in [0.3, 0.4) is 0 Å². The van der Waals surface area contributed by atoms with E-state index in [0.29, 0.717) is 0 Å². The van der Waals surface area contributed by atoms with Gasteiger partial charge in [-0.2, -0.15) is 4.39 Å². The van der Waals surface area contributed by atoms with E-state index in [-0.39, 0.29) is 22.9 Å². The summed E-state index contributed by atoms with van der Waals surface area (Å²) in [5.41, 5.74) is -0.698. The first-order valence-electron chi connectivity index (χ1n) is 5.49. The number of hydrogen-bond donors (Lipinski definition) is 0. The lowest BCUT2D eigenvalue weighted by Gasteiger charge is -2.08. The maximum absolute atomic E-state index is 13.8. The maximum atomic E-state index is 13.8. The Hall–Kier alpha value is -2.21. The van der Waals surface area contributed by atoms with Gasteiger partial charge in [-0.05, 0) is 12.1 Å². The summed E-state index contributed by atoms with van der Waals surface area (Å²) in [6.45, 7) is -0.342. The molecule has 0 aliphatic rings. The largest absolute Gasteiger partial charge is 0.486 e. The summed E-state index contributed by atoms with van der Waals surface area (Å²) in [6.07, 6.45) is 0. The molecule has 0 bridgehead atoms. The highest BCUT2D eigenvalue weighted by Gasteiger charge is 2.18. The number of halogens is 3. The first-order chi connectivity index (χ1) is 9.50. The topological polar surface area (TPSA) is 52.4 Å². The molecule has 2 rings (SSSR count). The summed E-state index contributed by atoms with van der Waals surface area (Å²) in [5, 5.41) is 10.5. The lowest BCUT2D eigenvalue weighted by molar-refractivity contribution is -0.387. The van der Waals surface area contributed by atoms with Gasteiger partial charge in [0.1, 0.15) is 6.61 Å². The second kappa shape index (κ2) is 5.83. The Bertz CT molecular complexity index is 664. The van der Waals surface area contributed by atoms with E-state index in [1.54, 1.807) is 0 Å². The predicted octanol–water partition coefficient (Wildman–Crippen LogP) is 4.11. The summed E-state index contributed by atoms with van der Waals surface area (Å²) in [4.78, 5) is 9.76. The van der Waals surface area contributed by atoms with Gasteiger partial charge in [-0.3, -0.25) is 10.1 Å². The minimum atomic E-state index is -1.00. The number of benzene rings is 2. The van der Waals surface area contributed by atoms with Crippen molar-refractivity contribution in [2.75, 3.05) is 0 Å². The molecule has 0 N–H and O–H groups in total. The van der Waals surface area contributed by atoms with Crippen LogP contribution in [0.4, 0.5) is 14.5 Å². The lowest BCUT2D eigenvalue weighted by Crippen LogP contribution is -2.02. The fourth-order valence-corrected chi connectivity index (χ4v) is 1.74. The van der Waals surface area contributed by atoms with Crippen molar-refractivity contribution in [3.8, 4) is 5.75 Å². The molecule has 2 aromatic carbocycles. The van der Waals surface area contributed by atoms with Crippen LogP contribution in [0.1, 0.15) is 5.56 Å². The standard InChI is InChI=1S/C13H8ClF2NO3/c14-9-4-2-6-11(13(9)16)20-7-8-3-1-5-10(12(8)15)17(18)19/h1-6H,7H2. The van der Waals surface area contributed by atoms with Gasteiger partial charge in [-0.25, -0.2) is 4.39 Å². The van der Waals surface area contributed by atoms with Crippen LogP contribution in [-0.2, 0) is 6.61 Å². The average molecular weight is 300 g/mol. The molecule has 0 fully saturated rings. The zero-order valence-corrected chi connectivity index (χ0v) is 10.7. The molecule has 0 aliphatic carbocycles. The molecular formula is C13H8ClF2NO3. The minimum Gasteiger partial charge on any atom is -0.486 e. The van der Waals surface area contributed by atoms with Crippen molar-refractivity contribution in [2.24, 2.45) is 0 Å². The summed E-state index contributed by atoms with van der Waals surface area (Å²) < 4.78 is 32.4. The number of nitro benzene ring substituents is 1. The molecule has 0 aliphatic heterocycles. The number of hydrogen-bond acceptors (Lipinski definition) is 3. The molecule has 0 unspecified atom stereocenters. The van der Waals surface area contributed by atoms with Gasteiger partial charge in [0.05, 0.1) is 9.95 Å². The SMILES string of the molecule is O=[N+]([O-])c1cccc(COc2cccc(Cl)c2F)c1F. The van der Waals surface area contributed by atoms with Gasteiger partial charge in [0, 0.05) is 11.6 Å². The van der Waals surface area contributed by atoms with Gasteiger partial charge in [-0.1, -0.05) is 29.8 Å². The highest BCUT2D eigenvalue weighted by Crippen LogP contribution is 2.26. The zero-order chi connectivity index (χ0) is 14.7. The number of nitrogens with zero attached hydrogens (tertiary/aromatic N) is 1. The molecule has 0 spiro atoms. The van der Waals surface area contributed by atoms with Gasteiger partial charge in [0.25, 0.3) is 0 Å². The molecule has 0 saturated carbocycles. The van der Waals surface area contributed by atoms with Crippen molar-refractivity contribution in [1.82, 2.24) is 0 Å². The van der Waals surface area contributed by atoms with E-state index in [4.69, 9.17) is 16.3 Å². The number of ether oxygens (including phenoxy) is 1. The van der Waals surface area contributed by atoms with E-state index in [1.807, 2.05) is 0 Å². The third-order valence-electron chi connectivity index (χ3n) is 2.55. The van der Waals surface area contributed by atoms with Crippen LogP contribution < -0.4 is 4.74 Å². The summed E-state index contributed by atoms with van der Waals surface area (Å²) in [7, 11) is 0. The van der Waals surface area contributed by atoms with Crippen molar-refractivity contribution < 1.29 is 18.4 Å². The molecule has 0 atom stereocenters. The number of rotatable bonds is 4. The Morgan fingerprint density at radius 2 is 1.85 bits per heavy atom. The Balaban J connectivity index is 2.21. The van der Waals surface area contributed by atoms with Crippen molar-refractivity contribution in [3.63, 3.8) is 0 Å². The van der Waals surface area contributed by atoms with E-state index in [2.05, 4.69) is 0 Å². The van der Waals surface area contributed by atoms with Crippen LogP contribution in [-0.4, -0.2) is 4.92 Å². The van der Waals surface area contributed by atoms with E-state index in [9.17, 15) is 18.9 Å². The van der Waals surface area contributed by atoms with Crippen LogP contribution in [0.15, 0.2) is 36.4 Å². The molecule has 0 heterocycles. The molecule has 0 aromatic heterocycles. The van der Waals surface area contributed by atoms with E-state index < -0.39 is 22.2 Å². The van der Waals surface area contributed by atoms with Gasteiger partial charge in [0.2, 0.25) is 5.82 Å². The third kappa shape index (κ3) is 2.85. The van der Waals surface area contributed by atoms with Crippen molar-refractivity contribution >= 4 is 17.3 Å². The monoisotopic (exact) mass is 299 g/mol. The van der Waals surface area contributed by atoms with E-state index >= 15 is 0 Å². The Morgan fingerprint density at radius 3 is 2.55 bits per heavy atom. The normalized spacial score (nSPS) is 10.3. The average Bonchev–Trinajstić information content (AvgIpc) is 2.41. The van der Waals surface area contributed by atoms with Crippen LogP contribution >= 0.6 is 11.6 Å². The lowest BCUT2D eigenvalue weighted by atomic mass is 10.2. The van der Waals surface area contributed by atoms with Crippen molar-refractivity contribution in [3.05, 3.63) is 68.7 Å². The summed E-state index contributed by atoms with van der Waals surface area (Å²) in [6, 6.07) is 7.84. The van der Waals surface area contributed by atoms with Crippen LogP contribution in [0.25, 0.3) is 0 Å². The zero-order valence-electron chi connectivity index (χ0n) is 9.98. The fourth-order valence-electron chi connectivity index (χ4n) is 1.57. The Labute approximate surface area is 117 Å². The van der Waals surface area contributed by atoms with Crippen LogP contribution in [0.2, 0.25) is 5.02 Å².